The maximum atomic E-state index is 9.30. The molecule has 0 aliphatic rings. The monoisotopic (exact) mass is 222 g/mol. The lowest BCUT2D eigenvalue weighted by Gasteiger charge is -2.21. The third-order valence-corrected chi connectivity index (χ3v) is 2.74. The van der Waals surface area contributed by atoms with Gasteiger partial charge in [-0.3, -0.25) is 0 Å². The van der Waals surface area contributed by atoms with Gasteiger partial charge < -0.3 is 15.7 Å². The molecule has 3 N–H and O–H groups in total. The molecule has 2 atom stereocenters. The first kappa shape index (κ1) is 13.0. The summed E-state index contributed by atoms with van der Waals surface area (Å²) in [6.07, 6.45) is 0.630. The van der Waals surface area contributed by atoms with Crippen LogP contribution < -0.4 is 10.6 Å². The summed E-state index contributed by atoms with van der Waals surface area (Å²) in [4.78, 5) is 2.03. The first-order valence-electron chi connectivity index (χ1n) is 5.79. The summed E-state index contributed by atoms with van der Waals surface area (Å²) in [7, 11) is 1.97. The highest BCUT2D eigenvalue weighted by atomic mass is 16.3. The van der Waals surface area contributed by atoms with Gasteiger partial charge in [0.15, 0.2) is 0 Å². The summed E-state index contributed by atoms with van der Waals surface area (Å²) in [5, 5.41) is 9.30. The number of benzene rings is 1. The average Bonchev–Trinajstić information content (AvgIpc) is 2.27. The van der Waals surface area contributed by atoms with Crippen LogP contribution in [0, 0.1) is 0 Å². The predicted octanol–water partition coefficient (Wildman–Crippen LogP) is 1.91. The molecule has 1 aromatic carbocycles. The van der Waals surface area contributed by atoms with E-state index in [1.54, 1.807) is 6.92 Å². The first-order chi connectivity index (χ1) is 7.54. The molecule has 0 saturated heterocycles. The Morgan fingerprint density at radius 3 is 2.31 bits per heavy atom. The van der Waals surface area contributed by atoms with Crippen LogP contribution in [-0.4, -0.2) is 24.8 Å². The second kappa shape index (κ2) is 5.87. The third-order valence-electron chi connectivity index (χ3n) is 2.74. The topological polar surface area (TPSA) is 49.5 Å². The molecule has 0 radical (unpaired) electrons. The van der Waals surface area contributed by atoms with E-state index in [1.165, 1.54) is 0 Å². The molecule has 1 aromatic rings. The number of hydrogen-bond donors (Lipinski definition) is 2. The summed E-state index contributed by atoms with van der Waals surface area (Å²) in [5.74, 6) is 0. The van der Waals surface area contributed by atoms with Crippen LogP contribution in [0.2, 0.25) is 0 Å². The molecular formula is C13H22N2O. The van der Waals surface area contributed by atoms with Crippen molar-refractivity contribution in [3.8, 4) is 0 Å². The van der Waals surface area contributed by atoms with Gasteiger partial charge >= 0.3 is 0 Å². The number of aliphatic hydroxyl groups is 1. The molecule has 0 saturated carbocycles. The van der Waals surface area contributed by atoms with Crippen LogP contribution in [0.25, 0.3) is 0 Å². The van der Waals surface area contributed by atoms with Crippen molar-refractivity contribution in [2.75, 3.05) is 18.5 Å². The fourth-order valence-corrected chi connectivity index (χ4v) is 1.71. The summed E-state index contributed by atoms with van der Waals surface area (Å²) in [6, 6.07) is 8.33. The molecule has 16 heavy (non-hydrogen) atoms. The molecule has 0 heterocycles. The number of anilines is 1. The van der Waals surface area contributed by atoms with Crippen molar-refractivity contribution >= 4 is 5.69 Å². The Labute approximate surface area is 97.9 Å². The smallest absolute Gasteiger partial charge is 0.0686 e. The van der Waals surface area contributed by atoms with E-state index < -0.39 is 0 Å². The van der Waals surface area contributed by atoms with Gasteiger partial charge in [0, 0.05) is 25.3 Å². The minimum Gasteiger partial charge on any atom is -0.392 e. The molecule has 0 fully saturated rings. The maximum Gasteiger partial charge on any atom is 0.0686 e. The van der Waals surface area contributed by atoms with Crippen molar-refractivity contribution in [3.05, 3.63) is 29.8 Å². The number of nitrogens with two attached hydrogens (primary N) is 1. The molecule has 1 rings (SSSR count). The number of rotatable bonds is 5. The fraction of sp³-hybridized carbons (Fsp3) is 0.538. The lowest BCUT2D eigenvalue weighted by atomic mass is 10.1. The van der Waals surface area contributed by atoms with Gasteiger partial charge in [0.25, 0.3) is 0 Å². The summed E-state index contributed by atoms with van der Waals surface area (Å²) >= 11 is 0. The van der Waals surface area contributed by atoms with Crippen LogP contribution >= 0.6 is 0 Å². The highest BCUT2D eigenvalue weighted by molar-refractivity contribution is 5.47. The number of hydrogen-bond acceptors (Lipinski definition) is 3. The molecule has 0 spiro atoms. The third kappa shape index (κ3) is 3.51. The number of likely N-dealkylation sites (N-methyl/N-ethyl adjacent to an activating group) is 1. The van der Waals surface area contributed by atoms with Crippen molar-refractivity contribution in [1.29, 1.82) is 0 Å². The first-order valence-corrected chi connectivity index (χ1v) is 5.79. The van der Waals surface area contributed by atoms with Crippen molar-refractivity contribution in [2.24, 2.45) is 5.73 Å². The Bertz CT molecular complexity index is 308. The Balaban J connectivity index is 2.70. The van der Waals surface area contributed by atoms with Crippen LogP contribution in [0.15, 0.2) is 24.3 Å². The Hall–Kier alpha value is -1.06. The summed E-state index contributed by atoms with van der Waals surface area (Å²) in [5.41, 5.74) is 8.22. The van der Waals surface area contributed by atoms with Crippen molar-refractivity contribution in [3.63, 3.8) is 0 Å². The fourth-order valence-electron chi connectivity index (χ4n) is 1.71. The standard InChI is InChI=1S/C13H22N2O/c1-4-13(14)11-5-7-12(8-6-11)15(3)9-10(2)16/h5-8,10,13,16H,4,9,14H2,1-3H3/t10?,13-/m1/s1. The van der Waals surface area contributed by atoms with E-state index >= 15 is 0 Å². The van der Waals surface area contributed by atoms with E-state index in [9.17, 15) is 5.11 Å². The van der Waals surface area contributed by atoms with Crippen molar-refractivity contribution in [1.82, 2.24) is 0 Å². The minimum absolute atomic E-state index is 0.121. The van der Waals surface area contributed by atoms with Gasteiger partial charge in [0.05, 0.1) is 6.10 Å². The summed E-state index contributed by atoms with van der Waals surface area (Å²) in [6.45, 7) is 4.51. The van der Waals surface area contributed by atoms with Crippen molar-refractivity contribution < 1.29 is 5.11 Å². The van der Waals surface area contributed by atoms with Crippen LogP contribution in [0.3, 0.4) is 0 Å². The van der Waals surface area contributed by atoms with Crippen LogP contribution in [0.5, 0.6) is 0 Å². The largest absolute Gasteiger partial charge is 0.392 e. The average molecular weight is 222 g/mol. The quantitative estimate of drug-likeness (QED) is 0.800. The second-order valence-corrected chi connectivity index (χ2v) is 4.34. The molecule has 3 nitrogen and oxygen atoms in total. The van der Waals surface area contributed by atoms with Gasteiger partial charge in [0.1, 0.15) is 0 Å². The molecule has 0 amide bonds. The zero-order valence-corrected chi connectivity index (χ0v) is 10.4. The van der Waals surface area contributed by atoms with E-state index in [0.717, 1.165) is 17.7 Å². The zero-order chi connectivity index (χ0) is 12.1. The number of nitrogens with zero attached hydrogens (tertiary/aromatic N) is 1. The molecule has 3 heteroatoms. The molecule has 0 aliphatic carbocycles. The van der Waals surface area contributed by atoms with E-state index in [-0.39, 0.29) is 12.1 Å². The maximum absolute atomic E-state index is 9.30. The van der Waals surface area contributed by atoms with Crippen molar-refractivity contribution in [2.45, 2.75) is 32.4 Å². The van der Waals surface area contributed by atoms with Gasteiger partial charge in [-0.2, -0.15) is 0 Å². The van der Waals surface area contributed by atoms with E-state index in [2.05, 4.69) is 19.1 Å². The normalized spacial score (nSPS) is 14.6. The predicted molar refractivity (Wildman–Crippen MR) is 68.6 cm³/mol. The van der Waals surface area contributed by atoms with E-state index in [4.69, 9.17) is 5.73 Å². The molecule has 90 valence electrons. The van der Waals surface area contributed by atoms with Crippen LogP contribution in [0.4, 0.5) is 5.69 Å². The Morgan fingerprint density at radius 2 is 1.88 bits per heavy atom. The van der Waals surface area contributed by atoms with Gasteiger partial charge in [-0.15, -0.1) is 0 Å². The van der Waals surface area contributed by atoms with E-state index in [1.807, 2.05) is 24.1 Å². The molecule has 1 unspecified atom stereocenters. The highest BCUT2D eigenvalue weighted by Crippen LogP contribution is 2.19. The van der Waals surface area contributed by atoms with E-state index in [0.29, 0.717) is 6.54 Å². The molecule has 0 bridgehead atoms. The minimum atomic E-state index is -0.317. The van der Waals surface area contributed by atoms with Crippen LogP contribution in [-0.2, 0) is 0 Å². The molecule has 0 aliphatic heterocycles. The van der Waals surface area contributed by atoms with Gasteiger partial charge in [-0.25, -0.2) is 0 Å². The second-order valence-electron chi connectivity index (χ2n) is 4.34. The molecule has 0 aromatic heterocycles. The molecular weight excluding hydrogens is 200 g/mol. The zero-order valence-electron chi connectivity index (χ0n) is 10.4. The Kier molecular flexibility index (Phi) is 4.77. The Morgan fingerprint density at radius 1 is 1.31 bits per heavy atom. The highest BCUT2D eigenvalue weighted by Gasteiger charge is 2.06. The van der Waals surface area contributed by atoms with Crippen LogP contribution in [0.1, 0.15) is 31.9 Å². The summed E-state index contributed by atoms with van der Waals surface area (Å²) < 4.78 is 0. The lowest BCUT2D eigenvalue weighted by Crippen LogP contribution is -2.26. The van der Waals surface area contributed by atoms with Gasteiger partial charge in [-0.1, -0.05) is 19.1 Å². The number of aliphatic hydroxyl groups excluding tert-OH is 1. The SMILES string of the molecule is CC[C@@H](N)c1ccc(N(C)CC(C)O)cc1. The lowest BCUT2D eigenvalue weighted by molar-refractivity contribution is 0.201. The van der Waals surface area contributed by atoms with Gasteiger partial charge in [0.2, 0.25) is 0 Å². The van der Waals surface area contributed by atoms with Gasteiger partial charge in [-0.05, 0) is 31.0 Å².